The number of pyridine rings is 1. The van der Waals surface area contributed by atoms with Gasteiger partial charge in [0.2, 0.25) is 0 Å². The number of carbonyl (C=O) groups is 3. The van der Waals surface area contributed by atoms with Crippen LogP contribution in [0.2, 0.25) is 0 Å². The van der Waals surface area contributed by atoms with Crippen molar-refractivity contribution in [2.75, 3.05) is 11.4 Å². The molecule has 3 fully saturated rings. The molecule has 0 radical (unpaired) electrons. The van der Waals surface area contributed by atoms with E-state index in [0.717, 1.165) is 11.1 Å². The first-order valence-electron chi connectivity index (χ1n) is 10.9. The summed E-state index contributed by atoms with van der Waals surface area (Å²) >= 11 is 0. The van der Waals surface area contributed by atoms with E-state index in [9.17, 15) is 59.2 Å². The number of carbonyl (C=O) groups excluding carboxylic acids is 3. The fourth-order valence-corrected chi connectivity index (χ4v) is 5.25. The topological polar surface area (TPSA) is 97.6 Å². The molecule has 3 saturated heterocycles. The number of urea groups is 1. The molecular weight excluding hydrogens is 553 g/mol. The Kier molecular flexibility index (Phi) is 5.41. The summed E-state index contributed by atoms with van der Waals surface area (Å²) in [5.74, 6) is -25.1. The molecule has 3 aliphatic heterocycles. The molecule has 3 aliphatic rings. The van der Waals surface area contributed by atoms with Crippen LogP contribution in [0.4, 0.5) is 50.0 Å². The van der Waals surface area contributed by atoms with E-state index in [1.807, 2.05) is 6.07 Å². The second kappa shape index (κ2) is 7.96. The summed E-state index contributed by atoms with van der Waals surface area (Å²) in [5, 5.41) is 9.74. The number of anilines is 1. The zero-order chi connectivity index (χ0) is 28.9. The normalized spacial score (nSPS) is 23.6. The molecular formula is C22H12F9N5O3. The number of imide groups is 1. The highest BCUT2D eigenvalue weighted by Gasteiger charge is 2.84. The van der Waals surface area contributed by atoms with Gasteiger partial charge in [-0.1, -0.05) is 24.3 Å². The summed E-state index contributed by atoms with van der Waals surface area (Å²) in [4.78, 5) is 44.2. The maximum absolute atomic E-state index is 14.4. The van der Waals surface area contributed by atoms with Gasteiger partial charge in [-0.05, 0) is 6.42 Å². The van der Waals surface area contributed by atoms with Crippen molar-refractivity contribution in [3.8, 4) is 6.07 Å². The molecule has 0 saturated carbocycles. The molecule has 8 nitrogen and oxygen atoms in total. The van der Waals surface area contributed by atoms with Crippen LogP contribution in [0.1, 0.15) is 12.1 Å². The number of halogens is 9. The molecule has 5 rings (SSSR count). The molecule has 2 unspecified atom stereocenters. The van der Waals surface area contributed by atoms with Crippen molar-refractivity contribution >= 4 is 34.3 Å². The van der Waals surface area contributed by atoms with Gasteiger partial charge in [0.05, 0.1) is 24.0 Å². The SMILES string of the molecule is N#Cc1ncc(N2C(=O)[C@@H]3C4CC(CN4C(=O)C(F)(F)C(F)(F)C(F)(F)C(F)(F)F)N3C2=O)c2ccccc12. The minimum absolute atomic E-state index is 0.0513. The summed E-state index contributed by atoms with van der Waals surface area (Å²) < 4.78 is 121. The highest BCUT2D eigenvalue weighted by Crippen LogP contribution is 2.54. The molecule has 0 aliphatic carbocycles. The maximum atomic E-state index is 14.4. The van der Waals surface area contributed by atoms with Crippen LogP contribution in [0, 0.1) is 11.3 Å². The zero-order valence-electron chi connectivity index (χ0n) is 18.9. The number of fused-ring (bicyclic) bond motifs is 6. The van der Waals surface area contributed by atoms with E-state index >= 15 is 0 Å². The average molecular weight is 565 g/mol. The minimum atomic E-state index is -7.26. The number of alkyl halides is 9. The monoisotopic (exact) mass is 565 g/mol. The average Bonchev–Trinajstić information content (AvgIpc) is 3.53. The van der Waals surface area contributed by atoms with Crippen LogP contribution in [0.15, 0.2) is 30.5 Å². The second-order valence-corrected chi connectivity index (χ2v) is 9.09. The molecule has 4 heterocycles. The predicted molar refractivity (Wildman–Crippen MR) is 110 cm³/mol. The molecule has 206 valence electrons. The number of likely N-dealkylation sites (tertiary alicyclic amines) is 1. The Balaban J connectivity index is 1.48. The van der Waals surface area contributed by atoms with Crippen molar-refractivity contribution in [1.82, 2.24) is 14.8 Å². The summed E-state index contributed by atoms with van der Waals surface area (Å²) in [6, 6.07) is 2.21. The van der Waals surface area contributed by atoms with Gasteiger partial charge in [-0.3, -0.25) is 9.59 Å². The predicted octanol–water partition coefficient (Wildman–Crippen LogP) is 3.69. The molecule has 1 aromatic carbocycles. The van der Waals surface area contributed by atoms with E-state index in [1.165, 1.54) is 18.2 Å². The molecule has 17 heteroatoms. The third kappa shape index (κ3) is 3.26. The van der Waals surface area contributed by atoms with Crippen LogP contribution in [-0.2, 0) is 9.59 Å². The highest BCUT2D eigenvalue weighted by molar-refractivity contribution is 6.25. The van der Waals surface area contributed by atoms with Crippen LogP contribution in [0.5, 0.6) is 0 Å². The number of benzene rings is 1. The van der Waals surface area contributed by atoms with Crippen molar-refractivity contribution in [1.29, 1.82) is 5.26 Å². The lowest BCUT2D eigenvalue weighted by atomic mass is 10.0. The third-order valence-electron chi connectivity index (χ3n) is 7.06. The maximum Gasteiger partial charge on any atom is 0.460 e. The quantitative estimate of drug-likeness (QED) is 0.416. The van der Waals surface area contributed by atoms with Crippen molar-refractivity contribution in [3.63, 3.8) is 0 Å². The molecule has 39 heavy (non-hydrogen) atoms. The first-order chi connectivity index (χ1) is 18.0. The number of piperazine rings is 1. The largest absolute Gasteiger partial charge is 0.460 e. The number of aromatic nitrogens is 1. The van der Waals surface area contributed by atoms with Gasteiger partial charge in [0.15, 0.2) is 0 Å². The standard InChI is InChI=1S/C22H12F9N5O3/c23-19(24,20(25,26)21(27,28)22(29,30)31)17(38)34-8-9-5-13(34)15-16(37)36(18(39)35(9)15)14-7-33-12(6-32)10-3-1-2-4-11(10)14/h1-4,7,9,13,15H,5,8H2/t9?,13?,15-/m0/s1. The third-order valence-corrected chi connectivity index (χ3v) is 7.06. The second-order valence-electron chi connectivity index (χ2n) is 9.09. The lowest BCUT2D eigenvalue weighted by molar-refractivity contribution is -0.389. The molecule has 2 aromatic rings. The van der Waals surface area contributed by atoms with E-state index in [1.54, 1.807) is 6.07 Å². The Morgan fingerprint density at radius 2 is 1.59 bits per heavy atom. The Hall–Kier alpha value is -4.10. The summed E-state index contributed by atoms with van der Waals surface area (Å²) in [6.45, 7) is -0.914. The van der Waals surface area contributed by atoms with Gasteiger partial charge in [-0.2, -0.15) is 44.8 Å². The molecule has 1 aromatic heterocycles. The molecule has 2 bridgehead atoms. The Bertz CT molecular complexity index is 1470. The van der Waals surface area contributed by atoms with Crippen LogP contribution >= 0.6 is 0 Å². The van der Waals surface area contributed by atoms with E-state index < -0.39 is 66.5 Å². The highest BCUT2D eigenvalue weighted by atomic mass is 19.4. The van der Waals surface area contributed by atoms with Gasteiger partial charge >= 0.3 is 30.0 Å². The number of nitriles is 1. The molecule has 0 N–H and O–H groups in total. The zero-order valence-corrected chi connectivity index (χ0v) is 18.9. The van der Waals surface area contributed by atoms with E-state index in [0.29, 0.717) is 4.90 Å². The van der Waals surface area contributed by atoms with Gasteiger partial charge in [0, 0.05) is 17.3 Å². The van der Waals surface area contributed by atoms with Gasteiger partial charge < -0.3 is 9.80 Å². The van der Waals surface area contributed by atoms with Crippen LogP contribution in [-0.4, -0.2) is 81.2 Å². The van der Waals surface area contributed by atoms with Crippen LogP contribution in [0.3, 0.4) is 0 Å². The number of amides is 4. The Labute approximate surface area is 211 Å². The Morgan fingerprint density at radius 1 is 0.974 bits per heavy atom. The van der Waals surface area contributed by atoms with Gasteiger partial charge in [-0.25, -0.2) is 14.7 Å². The molecule has 3 atom stereocenters. The number of rotatable bonds is 4. The van der Waals surface area contributed by atoms with Gasteiger partial charge in [0.25, 0.3) is 11.8 Å². The summed E-state index contributed by atoms with van der Waals surface area (Å²) in [7, 11) is 0. The fourth-order valence-electron chi connectivity index (χ4n) is 5.25. The number of hydrogen-bond donors (Lipinski definition) is 0. The van der Waals surface area contributed by atoms with E-state index in [2.05, 4.69) is 4.98 Å². The minimum Gasteiger partial charge on any atom is -0.330 e. The first kappa shape index (κ1) is 26.5. The molecule has 4 amide bonds. The number of nitrogens with zero attached hydrogens (tertiary/aromatic N) is 5. The Morgan fingerprint density at radius 3 is 2.18 bits per heavy atom. The number of hydrogen-bond acceptors (Lipinski definition) is 5. The first-order valence-corrected chi connectivity index (χ1v) is 10.9. The van der Waals surface area contributed by atoms with Crippen molar-refractivity contribution in [2.45, 2.75) is 48.5 Å². The van der Waals surface area contributed by atoms with Crippen molar-refractivity contribution in [3.05, 3.63) is 36.2 Å². The van der Waals surface area contributed by atoms with Crippen molar-refractivity contribution in [2.24, 2.45) is 0 Å². The smallest absolute Gasteiger partial charge is 0.330 e. The lowest BCUT2D eigenvalue weighted by Gasteiger charge is -2.39. The van der Waals surface area contributed by atoms with Gasteiger partial charge in [-0.15, -0.1) is 0 Å². The summed E-state index contributed by atoms with van der Waals surface area (Å²) in [5.41, 5.74) is -0.169. The lowest BCUT2D eigenvalue weighted by Crippen LogP contribution is -2.67. The van der Waals surface area contributed by atoms with E-state index in [-0.39, 0.29) is 33.5 Å². The van der Waals surface area contributed by atoms with Crippen LogP contribution < -0.4 is 4.90 Å². The molecule has 0 spiro atoms. The fraction of sp³-hybridized carbons (Fsp3) is 0.409. The van der Waals surface area contributed by atoms with E-state index in [4.69, 9.17) is 0 Å². The van der Waals surface area contributed by atoms with Crippen LogP contribution in [0.25, 0.3) is 10.8 Å². The summed E-state index contributed by atoms with van der Waals surface area (Å²) in [6.07, 6.45) is -6.46. The van der Waals surface area contributed by atoms with Crippen molar-refractivity contribution < 1.29 is 53.9 Å². The van der Waals surface area contributed by atoms with Gasteiger partial charge in [0.1, 0.15) is 17.8 Å².